The van der Waals surface area contributed by atoms with Gasteiger partial charge in [-0.2, -0.15) is 4.99 Å². The third-order valence-electron chi connectivity index (χ3n) is 3.60. The number of nitrogens with zero attached hydrogens (tertiary/aromatic N) is 1. The van der Waals surface area contributed by atoms with Gasteiger partial charge in [0, 0.05) is 12.5 Å². The van der Waals surface area contributed by atoms with Gasteiger partial charge in [0.1, 0.15) is 11.3 Å². The first kappa shape index (κ1) is 13.5. The van der Waals surface area contributed by atoms with E-state index in [9.17, 15) is 4.79 Å². The monoisotopic (exact) mass is 339 g/mol. The second-order valence-corrected chi connectivity index (χ2v) is 5.73. The lowest BCUT2D eigenvalue weighted by atomic mass is 10.0. The van der Waals surface area contributed by atoms with Crippen molar-refractivity contribution in [1.82, 2.24) is 0 Å². The van der Waals surface area contributed by atoms with Crippen LogP contribution in [0.4, 0.5) is 0 Å². The topological polar surface area (TPSA) is 57.1 Å². The molecular weight excluding hydrogens is 326 g/mol. The van der Waals surface area contributed by atoms with E-state index in [0.717, 1.165) is 29.3 Å². The van der Waals surface area contributed by atoms with Gasteiger partial charge in [-0.25, -0.2) is 4.79 Å². The number of methoxy groups -OCH3 is 1. The molecule has 0 aromatic heterocycles. The summed E-state index contributed by atoms with van der Waals surface area (Å²) >= 11 is 3.48. The molecule has 0 spiro atoms. The Kier molecular flexibility index (Phi) is 3.44. The maximum absolute atomic E-state index is 10.7. The molecule has 3 rings (SSSR count). The van der Waals surface area contributed by atoms with Crippen molar-refractivity contribution in [2.75, 3.05) is 20.3 Å². The minimum atomic E-state index is -0.575. The summed E-state index contributed by atoms with van der Waals surface area (Å²) in [5, 5.41) is 0. The lowest BCUT2D eigenvalue weighted by Crippen LogP contribution is -2.10. The Morgan fingerprint density at radius 1 is 1.40 bits per heavy atom. The van der Waals surface area contributed by atoms with E-state index < -0.39 is 5.54 Å². The van der Waals surface area contributed by atoms with Gasteiger partial charge in [-0.15, -0.1) is 0 Å². The average Bonchev–Trinajstić information content (AvgIpc) is 3.22. The Labute approximate surface area is 125 Å². The summed E-state index contributed by atoms with van der Waals surface area (Å²) < 4.78 is 17.8. The second kappa shape index (κ2) is 5.11. The number of benzene rings is 1. The first-order chi connectivity index (χ1) is 9.72. The molecule has 2 aliphatic rings. The van der Waals surface area contributed by atoms with E-state index in [0.29, 0.717) is 30.5 Å². The van der Waals surface area contributed by atoms with Crippen LogP contribution in [0.2, 0.25) is 0 Å². The third-order valence-corrected chi connectivity index (χ3v) is 4.19. The number of isocyanates is 1. The number of carbonyl (C=O) groups excluding carboxylic acids is 1. The van der Waals surface area contributed by atoms with Crippen LogP contribution in [0.5, 0.6) is 17.2 Å². The molecule has 20 heavy (non-hydrogen) atoms. The highest BCUT2D eigenvalue weighted by Gasteiger charge is 2.50. The van der Waals surface area contributed by atoms with Crippen molar-refractivity contribution in [3.05, 3.63) is 16.1 Å². The molecule has 1 aliphatic carbocycles. The summed E-state index contributed by atoms with van der Waals surface area (Å²) in [5.41, 5.74) is 0.212. The van der Waals surface area contributed by atoms with Crippen LogP contribution >= 0.6 is 15.9 Å². The molecule has 106 valence electrons. The van der Waals surface area contributed by atoms with Crippen LogP contribution in [-0.4, -0.2) is 26.4 Å². The van der Waals surface area contributed by atoms with Gasteiger partial charge in [0.25, 0.3) is 0 Å². The molecule has 0 saturated heterocycles. The molecule has 1 heterocycles. The summed E-state index contributed by atoms with van der Waals surface area (Å²) in [5.74, 6) is 1.95. The van der Waals surface area contributed by atoms with E-state index in [4.69, 9.17) is 14.2 Å². The molecule has 6 heteroatoms. The highest BCUT2D eigenvalue weighted by atomic mass is 79.9. The minimum absolute atomic E-state index is 0.575. The van der Waals surface area contributed by atoms with Crippen molar-refractivity contribution in [2.45, 2.75) is 24.8 Å². The first-order valence-electron chi connectivity index (χ1n) is 6.47. The first-order valence-corrected chi connectivity index (χ1v) is 7.27. The zero-order valence-corrected chi connectivity index (χ0v) is 12.7. The predicted octanol–water partition coefficient (Wildman–Crippen LogP) is 2.94. The summed E-state index contributed by atoms with van der Waals surface area (Å²) in [4.78, 5) is 14.7. The molecule has 0 bridgehead atoms. The standard InChI is InChI=1S/C14H14BrNO4/c1-18-12-9(15)7-10-13(20-6-2-5-19-10)11(12)14(3-4-14)16-8-17/h7H,2-6H2,1H3. The fourth-order valence-corrected chi connectivity index (χ4v) is 3.07. The molecule has 1 aromatic rings. The molecule has 0 amide bonds. The molecule has 1 aromatic carbocycles. The van der Waals surface area contributed by atoms with Gasteiger partial charge in [-0.1, -0.05) is 0 Å². The Hall–Kier alpha value is -1.52. The number of halogens is 1. The van der Waals surface area contributed by atoms with Gasteiger partial charge in [0.15, 0.2) is 11.5 Å². The van der Waals surface area contributed by atoms with Gasteiger partial charge in [-0.3, -0.25) is 0 Å². The van der Waals surface area contributed by atoms with Crippen LogP contribution in [0.25, 0.3) is 0 Å². The zero-order valence-electron chi connectivity index (χ0n) is 11.1. The van der Waals surface area contributed by atoms with Crippen LogP contribution < -0.4 is 14.2 Å². The fourth-order valence-electron chi connectivity index (χ4n) is 2.50. The van der Waals surface area contributed by atoms with Crippen molar-refractivity contribution in [3.8, 4) is 17.2 Å². The average molecular weight is 340 g/mol. The van der Waals surface area contributed by atoms with Gasteiger partial charge in [0.2, 0.25) is 6.08 Å². The van der Waals surface area contributed by atoms with Crippen LogP contribution in [0.15, 0.2) is 15.5 Å². The summed E-state index contributed by atoms with van der Waals surface area (Å²) in [7, 11) is 1.59. The smallest absolute Gasteiger partial charge is 0.235 e. The van der Waals surface area contributed by atoms with E-state index >= 15 is 0 Å². The number of hydrogen-bond donors (Lipinski definition) is 0. The van der Waals surface area contributed by atoms with Gasteiger partial charge in [-0.05, 0) is 28.8 Å². The largest absolute Gasteiger partial charge is 0.495 e. The fraction of sp³-hybridized carbons (Fsp3) is 0.500. The molecule has 5 nitrogen and oxygen atoms in total. The van der Waals surface area contributed by atoms with Crippen LogP contribution in [-0.2, 0) is 10.3 Å². The Bertz CT molecular complexity index is 591. The molecule has 0 N–H and O–H groups in total. The molecule has 0 radical (unpaired) electrons. The molecule has 1 aliphatic heterocycles. The van der Waals surface area contributed by atoms with Gasteiger partial charge < -0.3 is 14.2 Å². The maximum Gasteiger partial charge on any atom is 0.235 e. The van der Waals surface area contributed by atoms with Crippen molar-refractivity contribution in [1.29, 1.82) is 0 Å². The molecule has 0 atom stereocenters. The highest BCUT2D eigenvalue weighted by Crippen LogP contribution is 2.59. The molecule has 1 fully saturated rings. The van der Waals surface area contributed by atoms with Gasteiger partial charge >= 0.3 is 0 Å². The van der Waals surface area contributed by atoms with Crippen molar-refractivity contribution >= 4 is 22.0 Å². The summed E-state index contributed by atoms with van der Waals surface area (Å²) in [6.07, 6.45) is 4.05. The van der Waals surface area contributed by atoms with E-state index in [1.807, 2.05) is 6.07 Å². The van der Waals surface area contributed by atoms with Crippen molar-refractivity contribution in [2.24, 2.45) is 4.99 Å². The number of ether oxygens (including phenoxy) is 3. The maximum atomic E-state index is 10.7. The zero-order chi connectivity index (χ0) is 14.2. The normalized spacial score (nSPS) is 18.7. The van der Waals surface area contributed by atoms with E-state index in [2.05, 4.69) is 20.9 Å². The van der Waals surface area contributed by atoms with Crippen molar-refractivity contribution < 1.29 is 19.0 Å². The minimum Gasteiger partial charge on any atom is -0.495 e. The molecule has 1 saturated carbocycles. The van der Waals surface area contributed by atoms with Gasteiger partial charge in [0.05, 0.1) is 30.4 Å². The SMILES string of the molecule is COc1c(Br)cc2c(c1C1(N=C=O)CC1)OCCCO2. The lowest BCUT2D eigenvalue weighted by Gasteiger charge is -2.20. The third kappa shape index (κ3) is 2.09. The number of rotatable bonds is 3. The van der Waals surface area contributed by atoms with Crippen LogP contribution in [0.3, 0.4) is 0 Å². The number of fused-ring (bicyclic) bond motifs is 1. The van der Waals surface area contributed by atoms with E-state index in [-0.39, 0.29) is 0 Å². The number of aliphatic imine (C=N–C) groups is 1. The quantitative estimate of drug-likeness (QED) is 0.627. The Balaban J connectivity index is 2.24. The summed E-state index contributed by atoms with van der Waals surface area (Å²) in [6, 6.07) is 1.84. The van der Waals surface area contributed by atoms with Crippen LogP contribution in [0, 0.1) is 0 Å². The van der Waals surface area contributed by atoms with E-state index in [1.54, 1.807) is 13.2 Å². The van der Waals surface area contributed by atoms with E-state index in [1.165, 1.54) is 0 Å². The molecular formula is C14H14BrNO4. The lowest BCUT2D eigenvalue weighted by molar-refractivity contribution is 0.294. The number of hydrogen-bond acceptors (Lipinski definition) is 5. The Morgan fingerprint density at radius 3 is 2.80 bits per heavy atom. The van der Waals surface area contributed by atoms with Crippen molar-refractivity contribution in [3.63, 3.8) is 0 Å². The highest BCUT2D eigenvalue weighted by molar-refractivity contribution is 9.10. The Morgan fingerprint density at radius 2 is 2.15 bits per heavy atom. The molecule has 0 unspecified atom stereocenters. The summed E-state index contributed by atoms with van der Waals surface area (Å²) in [6.45, 7) is 1.18. The van der Waals surface area contributed by atoms with Crippen LogP contribution in [0.1, 0.15) is 24.8 Å². The second-order valence-electron chi connectivity index (χ2n) is 4.88. The predicted molar refractivity (Wildman–Crippen MR) is 75.3 cm³/mol.